The van der Waals surface area contributed by atoms with E-state index in [9.17, 15) is 23.1 Å². The number of benzene rings is 1. The van der Waals surface area contributed by atoms with Crippen LogP contribution >= 0.6 is 0 Å². The molecule has 0 radical (unpaired) electrons. The number of aliphatic carboxylic acids is 1. The van der Waals surface area contributed by atoms with Crippen molar-refractivity contribution in [2.75, 3.05) is 13.1 Å². The van der Waals surface area contributed by atoms with Crippen molar-refractivity contribution in [2.45, 2.75) is 50.8 Å². The molecule has 1 fully saturated rings. The quantitative estimate of drug-likeness (QED) is 0.668. The van der Waals surface area contributed by atoms with E-state index in [0.717, 1.165) is 19.3 Å². The summed E-state index contributed by atoms with van der Waals surface area (Å²) in [7, 11) is -3.67. The predicted octanol–water partition coefficient (Wildman–Crippen LogP) is 2.06. The van der Waals surface area contributed by atoms with E-state index in [4.69, 9.17) is 0 Å². The Balaban J connectivity index is 2.20. The highest BCUT2D eigenvalue weighted by Crippen LogP contribution is 2.36. The Morgan fingerprint density at radius 3 is 2.42 bits per heavy atom. The SMILES string of the molecule is CCNS(=O)(=O)c1ccc(C)c(C(=O)NCC2(C(=O)O)CCCCC2)c1. The molecule has 8 heteroatoms. The number of amides is 1. The molecular weight excluding hydrogens is 356 g/mol. The molecule has 2 rings (SSSR count). The molecule has 7 nitrogen and oxygen atoms in total. The summed E-state index contributed by atoms with van der Waals surface area (Å²) in [6.07, 6.45) is 3.74. The maximum atomic E-state index is 12.6. The van der Waals surface area contributed by atoms with Gasteiger partial charge in [0.1, 0.15) is 0 Å². The minimum Gasteiger partial charge on any atom is -0.481 e. The molecule has 1 aromatic carbocycles. The van der Waals surface area contributed by atoms with Crippen molar-refractivity contribution in [3.8, 4) is 0 Å². The highest BCUT2D eigenvalue weighted by atomic mass is 32.2. The Morgan fingerprint density at radius 1 is 1.19 bits per heavy atom. The van der Waals surface area contributed by atoms with Crippen LogP contribution in [-0.4, -0.2) is 38.5 Å². The Morgan fingerprint density at radius 2 is 1.85 bits per heavy atom. The summed E-state index contributed by atoms with van der Waals surface area (Å²) in [5, 5.41) is 12.3. The summed E-state index contributed by atoms with van der Waals surface area (Å²) in [6.45, 7) is 3.69. The molecule has 0 bridgehead atoms. The molecule has 1 saturated carbocycles. The highest BCUT2D eigenvalue weighted by Gasteiger charge is 2.39. The second kappa shape index (κ2) is 8.18. The first-order chi connectivity index (χ1) is 12.2. The van der Waals surface area contributed by atoms with Crippen LogP contribution in [0.5, 0.6) is 0 Å². The van der Waals surface area contributed by atoms with Gasteiger partial charge in [0.05, 0.1) is 10.3 Å². The highest BCUT2D eigenvalue weighted by molar-refractivity contribution is 7.89. The minimum atomic E-state index is -3.67. The maximum absolute atomic E-state index is 12.6. The van der Waals surface area contributed by atoms with Crippen molar-refractivity contribution < 1.29 is 23.1 Å². The number of hydrogen-bond acceptors (Lipinski definition) is 4. The standard InChI is InChI=1S/C18H26N2O5S/c1-3-20-26(24,25)14-8-7-13(2)15(11-14)16(21)19-12-18(17(22)23)9-5-4-6-10-18/h7-8,11,20H,3-6,9-10,12H2,1-2H3,(H,19,21)(H,22,23). The Labute approximate surface area is 154 Å². The van der Waals surface area contributed by atoms with Gasteiger partial charge in [-0.3, -0.25) is 9.59 Å². The normalized spacial score (nSPS) is 16.8. The number of carbonyl (C=O) groups excluding carboxylic acids is 1. The lowest BCUT2D eigenvalue weighted by Crippen LogP contribution is -2.44. The molecule has 3 N–H and O–H groups in total. The molecular formula is C18H26N2O5S. The van der Waals surface area contributed by atoms with Gasteiger partial charge in [0.2, 0.25) is 10.0 Å². The van der Waals surface area contributed by atoms with Crippen LogP contribution in [0.25, 0.3) is 0 Å². The summed E-state index contributed by atoms with van der Waals surface area (Å²) in [5.74, 6) is -1.35. The summed E-state index contributed by atoms with van der Waals surface area (Å²) >= 11 is 0. The van der Waals surface area contributed by atoms with Gasteiger partial charge < -0.3 is 10.4 Å². The van der Waals surface area contributed by atoms with Gasteiger partial charge in [-0.2, -0.15) is 0 Å². The van der Waals surface area contributed by atoms with E-state index in [0.29, 0.717) is 18.4 Å². The van der Waals surface area contributed by atoms with Crippen molar-refractivity contribution in [2.24, 2.45) is 5.41 Å². The third-order valence-corrected chi connectivity index (χ3v) is 6.49. The first kappa shape index (κ1) is 20.4. The third-order valence-electron chi connectivity index (χ3n) is 4.95. The van der Waals surface area contributed by atoms with E-state index >= 15 is 0 Å². The fourth-order valence-corrected chi connectivity index (χ4v) is 4.39. The summed E-state index contributed by atoms with van der Waals surface area (Å²) < 4.78 is 26.7. The molecule has 0 saturated heterocycles. The van der Waals surface area contributed by atoms with E-state index in [1.807, 2.05) is 0 Å². The molecule has 0 aromatic heterocycles. The Hall–Kier alpha value is -1.93. The first-order valence-corrected chi connectivity index (χ1v) is 10.3. The number of rotatable bonds is 7. The molecule has 0 unspecified atom stereocenters. The van der Waals surface area contributed by atoms with Gasteiger partial charge in [-0.25, -0.2) is 13.1 Å². The molecule has 1 aliphatic carbocycles. The van der Waals surface area contributed by atoms with Crippen LogP contribution in [0.3, 0.4) is 0 Å². The van der Waals surface area contributed by atoms with E-state index in [2.05, 4.69) is 10.0 Å². The zero-order valence-electron chi connectivity index (χ0n) is 15.2. The number of nitrogens with one attached hydrogen (secondary N) is 2. The van der Waals surface area contributed by atoms with Crippen molar-refractivity contribution >= 4 is 21.9 Å². The second-order valence-electron chi connectivity index (χ2n) is 6.81. The molecule has 0 heterocycles. The van der Waals surface area contributed by atoms with Crippen LogP contribution in [0.1, 0.15) is 54.9 Å². The lowest BCUT2D eigenvalue weighted by atomic mass is 9.74. The average molecular weight is 382 g/mol. The topological polar surface area (TPSA) is 113 Å². The molecule has 0 aliphatic heterocycles. The lowest BCUT2D eigenvalue weighted by molar-refractivity contribution is -0.150. The average Bonchev–Trinajstić information content (AvgIpc) is 2.60. The molecule has 0 atom stereocenters. The fourth-order valence-electron chi connectivity index (χ4n) is 3.33. The minimum absolute atomic E-state index is 0.0146. The molecule has 0 spiro atoms. The van der Waals surface area contributed by atoms with Gasteiger partial charge >= 0.3 is 5.97 Å². The van der Waals surface area contributed by atoms with E-state index in [1.54, 1.807) is 19.9 Å². The lowest BCUT2D eigenvalue weighted by Gasteiger charge is -2.33. The molecule has 1 amide bonds. The van der Waals surface area contributed by atoms with Crippen molar-refractivity contribution in [3.63, 3.8) is 0 Å². The molecule has 1 aliphatic rings. The van der Waals surface area contributed by atoms with Crippen LogP contribution in [0.2, 0.25) is 0 Å². The van der Waals surface area contributed by atoms with Gasteiger partial charge in [0, 0.05) is 18.7 Å². The van der Waals surface area contributed by atoms with Crippen molar-refractivity contribution in [1.29, 1.82) is 0 Å². The van der Waals surface area contributed by atoms with Gasteiger partial charge in [-0.15, -0.1) is 0 Å². The predicted molar refractivity (Wildman–Crippen MR) is 97.5 cm³/mol. The first-order valence-electron chi connectivity index (χ1n) is 8.84. The van der Waals surface area contributed by atoms with Crippen LogP contribution in [0, 0.1) is 12.3 Å². The summed E-state index contributed by atoms with van der Waals surface area (Å²) in [5.41, 5.74) is -0.0683. The van der Waals surface area contributed by atoms with E-state index in [1.165, 1.54) is 12.1 Å². The van der Waals surface area contributed by atoms with Gasteiger partial charge in [0.25, 0.3) is 5.91 Å². The van der Waals surface area contributed by atoms with Crippen LogP contribution in [0.4, 0.5) is 0 Å². The largest absolute Gasteiger partial charge is 0.481 e. The summed E-state index contributed by atoms with van der Waals surface area (Å²) in [6, 6.07) is 4.35. The fraction of sp³-hybridized carbons (Fsp3) is 0.556. The number of aryl methyl sites for hydroxylation is 1. The van der Waals surface area contributed by atoms with Crippen molar-refractivity contribution in [3.05, 3.63) is 29.3 Å². The number of carbonyl (C=O) groups is 2. The van der Waals surface area contributed by atoms with Gasteiger partial charge in [-0.1, -0.05) is 32.3 Å². The smallest absolute Gasteiger partial charge is 0.311 e. The maximum Gasteiger partial charge on any atom is 0.311 e. The zero-order chi connectivity index (χ0) is 19.4. The van der Waals surface area contributed by atoms with Crippen LogP contribution in [0.15, 0.2) is 23.1 Å². The summed E-state index contributed by atoms with van der Waals surface area (Å²) in [4.78, 5) is 24.3. The number of carboxylic acid groups (broad SMARTS) is 1. The third kappa shape index (κ3) is 4.42. The van der Waals surface area contributed by atoms with Crippen molar-refractivity contribution in [1.82, 2.24) is 10.0 Å². The van der Waals surface area contributed by atoms with Gasteiger partial charge in [0.15, 0.2) is 0 Å². The van der Waals surface area contributed by atoms with Crippen LogP contribution < -0.4 is 10.0 Å². The number of hydrogen-bond donors (Lipinski definition) is 3. The molecule has 1 aromatic rings. The van der Waals surface area contributed by atoms with E-state index < -0.39 is 27.3 Å². The van der Waals surface area contributed by atoms with Gasteiger partial charge in [-0.05, 0) is 37.5 Å². The Kier molecular flexibility index (Phi) is 6.41. The monoisotopic (exact) mass is 382 g/mol. The molecule has 144 valence electrons. The number of carboxylic acids is 1. The zero-order valence-corrected chi connectivity index (χ0v) is 16.0. The Bertz CT molecular complexity index is 783. The number of sulfonamides is 1. The van der Waals surface area contributed by atoms with Crippen LogP contribution in [-0.2, 0) is 14.8 Å². The molecule has 26 heavy (non-hydrogen) atoms. The van der Waals surface area contributed by atoms with E-state index in [-0.39, 0.29) is 23.5 Å². The second-order valence-corrected chi connectivity index (χ2v) is 8.57.